The van der Waals surface area contributed by atoms with Crippen molar-refractivity contribution in [3.8, 4) is 10.6 Å². The van der Waals surface area contributed by atoms with Crippen LogP contribution in [-0.2, 0) is 4.74 Å². The predicted molar refractivity (Wildman–Crippen MR) is 79.6 cm³/mol. The molecule has 0 saturated carbocycles. The quantitative estimate of drug-likeness (QED) is 0.678. The topological polar surface area (TPSA) is 78.4 Å². The van der Waals surface area contributed by atoms with Crippen LogP contribution in [0.4, 0.5) is 0 Å². The standard InChI is InChI=1S/C15H14N2O4S/c1-8-4-5-11(19-8)12-6-7-13(22-12)15(18)20-9(2)14-17-16-10(3)21-14/h4-7,9H,1-3H3. The second-order valence-corrected chi connectivity index (χ2v) is 5.86. The first-order chi connectivity index (χ1) is 10.5. The normalized spacial score (nSPS) is 12.3. The van der Waals surface area contributed by atoms with Crippen molar-refractivity contribution in [1.29, 1.82) is 0 Å². The molecule has 1 atom stereocenters. The number of nitrogens with zero attached hydrogens (tertiary/aromatic N) is 2. The molecule has 3 heterocycles. The van der Waals surface area contributed by atoms with Crippen LogP contribution in [0.5, 0.6) is 0 Å². The van der Waals surface area contributed by atoms with Gasteiger partial charge in [0, 0.05) is 6.92 Å². The van der Waals surface area contributed by atoms with Crippen molar-refractivity contribution in [1.82, 2.24) is 10.2 Å². The number of thiophene rings is 1. The highest BCUT2D eigenvalue weighted by Gasteiger charge is 2.20. The minimum absolute atomic E-state index is 0.282. The molecule has 0 spiro atoms. The largest absolute Gasteiger partial charge is 0.461 e. The minimum atomic E-state index is -0.592. The van der Waals surface area contributed by atoms with Gasteiger partial charge >= 0.3 is 5.97 Å². The number of esters is 1. The monoisotopic (exact) mass is 318 g/mol. The van der Waals surface area contributed by atoms with E-state index in [-0.39, 0.29) is 5.89 Å². The molecule has 0 amide bonds. The molecule has 0 aliphatic heterocycles. The highest BCUT2D eigenvalue weighted by molar-refractivity contribution is 7.17. The molecule has 3 aromatic rings. The summed E-state index contributed by atoms with van der Waals surface area (Å²) >= 11 is 1.31. The molecule has 0 saturated heterocycles. The molecule has 114 valence electrons. The Labute approximate surface area is 130 Å². The Balaban J connectivity index is 1.71. The fourth-order valence-corrected chi connectivity index (χ4v) is 2.74. The number of aryl methyl sites for hydroxylation is 2. The van der Waals surface area contributed by atoms with Gasteiger partial charge in [0.05, 0.1) is 4.88 Å². The van der Waals surface area contributed by atoms with E-state index in [0.717, 1.165) is 16.4 Å². The zero-order valence-electron chi connectivity index (χ0n) is 12.3. The van der Waals surface area contributed by atoms with Crippen LogP contribution in [0.3, 0.4) is 0 Å². The fourth-order valence-electron chi connectivity index (χ4n) is 1.89. The number of ether oxygens (including phenoxy) is 1. The van der Waals surface area contributed by atoms with Gasteiger partial charge < -0.3 is 13.6 Å². The molecule has 0 bridgehead atoms. The van der Waals surface area contributed by atoms with E-state index in [1.165, 1.54) is 11.3 Å². The molecule has 0 radical (unpaired) electrons. The van der Waals surface area contributed by atoms with Crippen LogP contribution >= 0.6 is 11.3 Å². The lowest BCUT2D eigenvalue weighted by Gasteiger charge is -2.07. The number of hydrogen-bond acceptors (Lipinski definition) is 7. The van der Waals surface area contributed by atoms with Crippen molar-refractivity contribution >= 4 is 17.3 Å². The lowest BCUT2D eigenvalue weighted by molar-refractivity contribution is 0.0282. The van der Waals surface area contributed by atoms with E-state index in [0.29, 0.717) is 10.8 Å². The summed E-state index contributed by atoms with van der Waals surface area (Å²) in [6.07, 6.45) is -0.592. The van der Waals surface area contributed by atoms with Crippen LogP contribution in [0.25, 0.3) is 10.6 Å². The third-order valence-corrected chi connectivity index (χ3v) is 4.04. The highest BCUT2D eigenvalue weighted by Crippen LogP contribution is 2.30. The summed E-state index contributed by atoms with van der Waals surface area (Å²) < 4.78 is 16.1. The lowest BCUT2D eigenvalue weighted by atomic mass is 10.3. The van der Waals surface area contributed by atoms with Gasteiger partial charge in [-0.3, -0.25) is 0 Å². The molecule has 1 unspecified atom stereocenters. The molecule has 22 heavy (non-hydrogen) atoms. The van der Waals surface area contributed by atoms with Crippen LogP contribution in [0.15, 0.2) is 33.1 Å². The molecule has 3 rings (SSSR count). The first kappa shape index (κ1) is 14.5. The molecular weight excluding hydrogens is 304 g/mol. The number of furan rings is 1. The summed E-state index contributed by atoms with van der Waals surface area (Å²) in [5, 5.41) is 7.56. The third-order valence-electron chi connectivity index (χ3n) is 2.96. The smallest absolute Gasteiger partial charge is 0.349 e. The molecule has 0 aliphatic rings. The van der Waals surface area contributed by atoms with Gasteiger partial charge in [-0.25, -0.2) is 4.79 Å². The van der Waals surface area contributed by atoms with Gasteiger partial charge in [-0.1, -0.05) is 0 Å². The molecule has 6 nitrogen and oxygen atoms in total. The molecule has 0 fully saturated rings. The first-order valence-electron chi connectivity index (χ1n) is 6.70. The first-order valence-corrected chi connectivity index (χ1v) is 7.52. The van der Waals surface area contributed by atoms with E-state index in [1.54, 1.807) is 19.9 Å². The van der Waals surface area contributed by atoms with Crippen LogP contribution in [-0.4, -0.2) is 16.2 Å². The summed E-state index contributed by atoms with van der Waals surface area (Å²) in [5.41, 5.74) is 0. The summed E-state index contributed by atoms with van der Waals surface area (Å²) in [4.78, 5) is 13.5. The third kappa shape index (κ3) is 2.94. The minimum Gasteiger partial charge on any atom is -0.461 e. The van der Waals surface area contributed by atoms with Gasteiger partial charge in [0.25, 0.3) is 5.89 Å². The average Bonchev–Trinajstić information content (AvgIpc) is 3.18. The van der Waals surface area contributed by atoms with E-state index in [1.807, 2.05) is 25.1 Å². The SMILES string of the molecule is Cc1ccc(-c2ccc(C(=O)OC(C)c3nnc(C)o3)s2)o1. The fraction of sp³-hybridized carbons (Fsp3) is 0.267. The lowest BCUT2D eigenvalue weighted by Crippen LogP contribution is -2.08. The van der Waals surface area contributed by atoms with Crippen molar-refractivity contribution in [2.75, 3.05) is 0 Å². The van der Waals surface area contributed by atoms with Crippen LogP contribution in [0, 0.1) is 13.8 Å². The van der Waals surface area contributed by atoms with E-state index < -0.39 is 12.1 Å². The van der Waals surface area contributed by atoms with Crippen molar-refractivity contribution in [3.05, 3.63) is 46.7 Å². The predicted octanol–water partition coefficient (Wildman–Crippen LogP) is 3.93. The Morgan fingerprint density at radius 1 is 1.18 bits per heavy atom. The molecular formula is C15H14N2O4S. The number of carbonyl (C=O) groups is 1. The number of rotatable bonds is 4. The van der Waals surface area contributed by atoms with Gasteiger partial charge in [-0.05, 0) is 38.1 Å². The van der Waals surface area contributed by atoms with Crippen molar-refractivity contribution < 1.29 is 18.4 Å². The summed E-state index contributed by atoms with van der Waals surface area (Å²) in [7, 11) is 0. The van der Waals surface area contributed by atoms with E-state index in [4.69, 9.17) is 13.6 Å². The Morgan fingerprint density at radius 3 is 2.64 bits per heavy atom. The Bertz CT molecular complexity index is 802. The molecule has 3 aromatic heterocycles. The molecule has 7 heteroatoms. The maximum absolute atomic E-state index is 12.2. The maximum atomic E-state index is 12.2. The van der Waals surface area contributed by atoms with Crippen LogP contribution < -0.4 is 0 Å². The Morgan fingerprint density at radius 2 is 2.00 bits per heavy atom. The van der Waals surface area contributed by atoms with Crippen LogP contribution in [0.2, 0.25) is 0 Å². The highest BCUT2D eigenvalue weighted by atomic mass is 32.1. The van der Waals surface area contributed by atoms with E-state index in [2.05, 4.69) is 10.2 Å². The molecule has 0 aromatic carbocycles. The summed E-state index contributed by atoms with van der Waals surface area (Å²) in [6.45, 7) is 5.25. The van der Waals surface area contributed by atoms with Crippen molar-refractivity contribution in [3.63, 3.8) is 0 Å². The number of aromatic nitrogens is 2. The van der Waals surface area contributed by atoms with Crippen molar-refractivity contribution in [2.45, 2.75) is 26.9 Å². The van der Waals surface area contributed by atoms with Gasteiger partial charge in [0.15, 0.2) is 6.10 Å². The Kier molecular flexibility index (Phi) is 3.81. The van der Waals surface area contributed by atoms with Crippen molar-refractivity contribution in [2.24, 2.45) is 0 Å². The molecule has 0 N–H and O–H groups in total. The Hall–Kier alpha value is -2.41. The maximum Gasteiger partial charge on any atom is 0.349 e. The van der Waals surface area contributed by atoms with Crippen LogP contribution in [0.1, 0.15) is 40.2 Å². The second kappa shape index (κ2) is 5.76. The number of carbonyl (C=O) groups excluding carboxylic acids is 1. The second-order valence-electron chi connectivity index (χ2n) is 4.78. The van der Waals surface area contributed by atoms with Gasteiger partial charge in [0.2, 0.25) is 5.89 Å². The van der Waals surface area contributed by atoms with Gasteiger partial charge in [0.1, 0.15) is 16.4 Å². The van der Waals surface area contributed by atoms with Gasteiger partial charge in [-0.15, -0.1) is 21.5 Å². The van der Waals surface area contributed by atoms with E-state index >= 15 is 0 Å². The average molecular weight is 318 g/mol. The summed E-state index contributed by atoms with van der Waals surface area (Å²) in [5.74, 6) is 1.85. The number of hydrogen-bond donors (Lipinski definition) is 0. The zero-order chi connectivity index (χ0) is 15.7. The summed E-state index contributed by atoms with van der Waals surface area (Å²) in [6, 6.07) is 7.31. The van der Waals surface area contributed by atoms with E-state index in [9.17, 15) is 4.79 Å². The molecule has 0 aliphatic carbocycles. The zero-order valence-corrected chi connectivity index (χ0v) is 13.1. The van der Waals surface area contributed by atoms with Gasteiger partial charge in [-0.2, -0.15) is 0 Å².